The third kappa shape index (κ3) is 7.62. The third-order valence-corrected chi connectivity index (χ3v) is 7.01. The molecule has 0 aromatic heterocycles. The SMILES string of the molecule is CCC(C(=O)NC)N(Cc1ccccc1Cl)C(=O)CCCN(c1ccc(Cl)cc1)S(C)(=O)=O. The Labute approximate surface area is 205 Å². The summed E-state index contributed by atoms with van der Waals surface area (Å²) in [5.74, 6) is -0.522. The summed E-state index contributed by atoms with van der Waals surface area (Å²) < 4.78 is 25.9. The minimum atomic E-state index is -3.56. The van der Waals surface area contributed by atoms with Gasteiger partial charge in [0.15, 0.2) is 0 Å². The van der Waals surface area contributed by atoms with Crippen LogP contribution in [0.1, 0.15) is 31.7 Å². The minimum absolute atomic E-state index is 0.0670. The van der Waals surface area contributed by atoms with Gasteiger partial charge in [-0.1, -0.05) is 48.3 Å². The molecule has 2 rings (SSSR count). The summed E-state index contributed by atoms with van der Waals surface area (Å²) in [5.41, 5.74) is 1.20. The second kappa shape index (κ2) is 12.3. The van der Waals surface area contributed by atoms with Crippen molar-refractivity contribution in [2.24, 2.45) is 0 Å². The number of amides is 2. The number of likely N-dealkylation sites (N-methyl/N-ethyl adjacent to an activating group) is 1. The highest BCUT2D eigenvalue weighted by atomic mass is 35.5. The van der Waals surface area contributed by atoms with E-state index < -0.39 is 16.1 Å². The maximum atomic E-state index is 13.2. The summed E-state index contributed by atoms with van der Waals surface area (Å²) in [7, 11) is -2.03. The van der Waals surface area contributed by atoms with Crippen molar-refractivity contribution in [2.75, 3.05) is 24.2 Å². The van der Waals surface area contributed by atoms with Crippen molar-refractivity contribution >= 4 is 50.7 Å². The van der Waals surface area contributed by atoms with Crippen LogP contribution in [0.2, 0.25) is 10.0 Å². The van der Waals surface area contributed by atoms with Gasteiger partial charge in [-0.05, 0) is 48.7 Å². The zero-order chi connectivity index (χ0) is 24.6. The lowest BCUT2D eigenvalue weighted by Crippen LogP contribution is -2.48. The van der Waals surface area contributed by atoms with Gasteiger partial charge in [0.1, 0.15) is 6.04 Å². The van der Waals surface area contributed by atoms with Crippen LogP contribution in [-0.2, 0) is 26.2 Å². The molecule has 33 heavy (non-hydrogen) atoms. The monoisotopic (exact) mass is 513 g/mol. The number of nitrogens with zero attached hydrogens (tertiary/aromatic N) is 2. The molecule has 2 amide bonds. The fourth-order valence-electron chi connectivity index (χ4n) is 3.51. The van der Waals surface area contributed by atoms with E-state index in [-0.39, 0.29) is 37.7 Å². The van der Waals surface area contributed by atoms with Crippen LogP contribution < -0.4 is 9.62 Å². The molecule has 0 fully saturated rings. The number of hydrogen-bond acceptors (Lipinski definition) is 4. The van der Waals surface area contributed by atoms with E-state index in [0.717, 1.165) is 11.8 Å². The molecule has 1 atom stereocenters. The molecule has 180 valence electrons. The fourth-order valence-corrected chi connectivity index (χ4v) is 4.79. The Morgan fingerprint density at radius 2 is 1.70 bits per heavy atom. The number of nitrogens with one attached hydrogen (secondary N) is 1. The summed E-state index contributed by atoms with van der Waals surface area (Å²) in [6.07, 6.45) is 1.89. The first-order valence-corrected chi connectivity index (χ1v) is 13.2. The van der Waals surface area contributed by atoms with E-state index in [1.807, 2.05) is 19.1 Å². The van der Waals surface area contributed by atoms with Crippen molar-refractivity contribution in [1.82, 2.24) is 10.2 Å². The molecule has 2 aromatic carbocycles. The summed E-state index contributed by atoms with van der Waals surface area (Å²) in [5, 5.41) is 3.61. The van der Waals surface area contributed by atoms with Crippen molar-refractivity contribution in [3.8, 4) is 0 Å². The normalized spacial score (nSPS) is 12.2. The average Bonchev–Trinajstić information content (AvgIpc) is 2.77. The molecule has 0 radical (unpaired) electrons. The fraction of sp³-hybridized carbons (Fsp3) is 0.391. The van der Waals surface area contributed by atoms with Crippen LogP contribution in [0, 0.1) is 0 Å². The first kappa shape index (κ1) is 27.0. The van der Waals surface area contributed by atoms with Crippen LogP contribution in [0.15, 0.2) is 48.5 Å². The van der Waals surface area contributed by atoms with Crippen LogP contribution in [0.3, 0.4) is 0 Å². The molecule has 0 aliphatic carbocycles. The molecule has 0 saturated carbocycles. The van der Waals surface area contributed by atoms with Gasteiger partial charge in [0.05, 0.1) is 11.9 Å². The van der Waals surface area contributed by atoms with Gasteiger partial charge in [-0.2, -0.15) is 0 Å². The molecule has 10 heteroatoms. The number of carbonyl (C=O) groups is 2. The molecule has 2 aromatic rings. The van der Waals surface area contributed by atoms with Crippen LogP contribution in [-0.4, -0.2) is 51.0 Å². The Morgan fingerprint density at radius 1 is 1.06 bits per heavy atom. The van der Waals surface area contributed by atoms with Gasteiger partial charge in [-0.25, -0.2) is 8.42 Å². The zero-order valence-corrected chi connectivity index (χ0v) is 21.3. The van der Waals surface area contributed by atoms with Crippen LogP contribution in [0.5, 0.6) is 0 Å². The molecule has 0 spiro atoms. The Morgan fingerprint density at radius 3 is 2.24 bits per heavy atom. The van der Waals surface area contributed by atoms with E-state index in [2.05, 4.69) is 5.32 Å². The predicted molar refractivity (Wildman–Crippen MR) is 133 cm³/mol. The Hall–Kier alpha value is -2.29. The highest BCUT2D eigenvalue weighted by molar-refractivity contribution is 7.92. The van der Waals surface area contributed by atoms with Crippen molar-refractivity contribution in [2.45, 2.75) is 38.8 Å². The van der Waals surface area contributed by atoms with Crippen LogP contribution in [0.25, 0.3) is 0 Å². The summed E-state index contributed by atoms with van der Waals surface area (Å²) >= 11 is 12.2. The van der Waals surface area contributed by atoms with Crippen molar-refractivity contribution in [3.05, 3.63) is 64.1 Å². The smallest absolute Gasteiger partial charge is 0.242 e. The lowest BCUT2D eigenvalue weighted by atomic mass is 10.1. The van der Waals surface area contributed by atoms with E-state index in [1.54, 1.807) is 36.4 Å². The largest absolute Gasteiger partial charge is 0.357 e. The lowest BCUT2D eigenvalue weighted by Gasteiger charge is -2.31. The topological polar surface area (TPSA) is 86.8 Å². The molecule has 7 nitrogen and oxygen atoms in total. The molecule has 0 aliphatic rings. The van der Waals surface area contributed by atoms with Gasteiger partial charge in [-0.15, -0.1) is 0 Å². The predicted octanol–water partition coefficient (Wildman–Crippen LogP) is 4.09. The van der Waals surface area contributed by atoms with E-state index >= 15 is 0 Å². The number of sulfonamides is 1. The first-order valence-electron chi connectivity index (χ1n) is 10.6. The quantitative estimate of drug-likeness (QED) is 0.490. The summed E-state index contributed by atoms with van der Waals surface area (Å²) in [6, 6.07) is 13.0. The highest BCUT2D eigenvalue weighted by Gasteiger charge is 2.28. The van der Waals surface area contributed by atoms with Gasteiger partial charge < -0.3 is 10.2 Å². The standard InChI is InChI=1S/C23H29Cl2N3O4S/c1-4-21(23(30)26-2)27(16-17-8-5-6-9-20(17)25)22(29)10-7-15-28(33(3,31)32)19-13-11-18(24)12-14-19/h5-6,8-9,11-14,21H,4,7,10,15-16H2,1-3H3,(H,26,30). The van der Waals surface area contributed by atoms with E-state index in [0.29, 0.717) is 22.2 Å². The Bertz CT molecular complexity index is 1060. The Kier molecular flexibility index (Phi) is 10.0. The van der Waals surface area contributed by atoms with Gasteiger partial charge in [-0.3, -0.25) is 13.9 Å². The molecular formula is C23H29Cl2N3O4S. The number of halogens is 2. The maximum Gasteiger partial charge on any atom is 0.242 e. The summed E-state index contributed by atoms with van der Waals surface area (Å²) in [6.45, 7) is 2.12. The minimum Gasteiger partial charge on any atom is -0.357 e. The van der Waals surface area contributed by atoms with Crippen molar-refractivity contribution < 1.29 is 18.0 Å². The molecule has 1 N–H and O–H groups in total. The molecule has 0 aliphatic heterocycles. The molecule has 0 saturated heterocycles. The van der Waals surface area contributed by atoms with Gasteiger partial charge in [0, 0.05) is 36.6 Å². The molecule has 0 bridgehead atoms. The zero-order valence-electron chi connectivity index (χ0n) is 18.9. The summed E-state index contributed by atoms with van der Waals surface area (Å²) in [4.78, 5) is 27.2. The van der Waals surface area contributed by atoms with Gasteiger partial charge >= 0.3 is 0 Å². The third-order valence-electron chi connectivity index (χ3n) is 5.20. The number of rotatable bonds is 11. The highest BCUT2D eigenvalue weighted by Crippen LogP contribution is 2.23. The Balaban J connectivity index is 2.19. The molecule has 0 heterocycles. The van der Waals surface area contributed by atoms with Crippen LogP contribution >= 0.6 is 23.2 Å². The molecule has 1 unspecified atom stereocenters. The van der Waals surface area contributed by atoms with E-state index in [4.69, 9.17) is 23.2 Å². The lowest BCUT2D eigenvalue weighted by molar-refractivity contribution is -0.141. The first-order chi connectivity index (χ1) is 15.6. The average molecular weight is 514 g/mol. The second-order valence-electron chi connectivity index (χ2n) is 7.57. The number of benzene rings is 2. The second-order valence-corrected chi connectivity index (χ2v) is 10.3. The number of hydrogen-bond donors (Lipinski definition) is 1. The molecular weight excluding hydrogens is 485 g/mol. The van der Waals surface area contributed by atoms with Crippen molar-refractivity contribution in [1.29, 1.82) is 0 Å². The maximum absolute atomic E-state index is 13.2. The van der Waals surface area contributed by atoms with Gasteiger partial charge in [0.25, 0.3) is 0 Å². The number of carbonyl (C=O) groups excluding carboxylic acids is 2. The van der Waals surface area contributed by atoms with E-state index in [1.165, 1.54) is 16.3 Å². The number of anilines is 1. The van der Waals surface area contributed by atoms with Crippen LogP contribution in [0.4, 0.5) is 5.69 Å². The van der Waals surface area contributed by atoms with Gasteiger partial charge in [0.2, 0.25) is 21.8 Å². The van der Waals surface area contributed by atoms with Crippen molar-refractivity contribution in [3.63, 3.8) is 0 Å². The van der Waals surface area contributed by atoms with E-state index in [9.17, 15) is 18.0 Å².